The first-order valence-electron chi connectivity index (χ1n) is 5.08. The number of oxime groups is 1. The van der Waals surface area contributed by atoms with Gasteiger partial charge in [-0.15, -0.1) is 0 Å². The van der Waals surface area contributed by atoms with Crippen molar-refractivity contribution < 1.29 is 14.7 Å². The number of nitrogens with zero attached hydrogens (tertiary/aromatic N) is 1. The van der Waals surface area contributed by atoms with Gasteiger partial charge in [-0.25, -0.2) is 0 Å². The fraction of sp³-hybridized carbons (Fsp3) is 0.364. The van der Waals surface area contributed by atoms with E-state index in [1.54, 1.807) is 12.1 Å². The second kappa shape index (κ2) is 6.55. The van der Waals surface area contributed by atoms with Crippen LogP contribution in [0.1, 0.15) is 13.3 Å². The number of rotatable bonds is 6. The minimum atomic E-state index is 0.0336. The third kappa shape index (κ3) is 4.08. The van der Waals surface area contributed by atoms with E-state index in [1.807, 2.05) is 12.1 Å². The maximum Gasteiger partial charge on any atom is 0.177 e. The molecular formula is C11H16N2O3. The Balaban J connectivity index is 2.45. The molecule has 1 aromatic rings. The highest BCUT2D eigenvalue weighted by Crippen LogP contribution is 2.17. The molecule has 0 saturated carbocycles. The van der Waals surface area contributed by atoms with E-state index in [4.69, 9.17) is 20.4 Å². The van der Waals surface area contributed by atoms with E-state index in [0.717, 1.165) is 12.2 Å². The highest BCUT2D eigenvalue weighted by molar-refractivity contribution is 5.81. The smallest absolute Gasteiger partial charge is 0.177 e. The van der Waals surface area contributed by atoms with Crippen LogP contribution in [0.5, 0.6) is 11.5 Å². The summed E-state index contributed by atoms with van der Waals surface area (Å²) >= 11 is 0. The summed E-state index contributed by atoms with van der Waals surface area (Å²) in [5, 5.41) is 11.1. The topological polar surface area (TPSA) is 77.1 Å². The summed E-state index contributed by atoms with van der Waals surface area (Å²) in [5.41, 5.74) is 5.27. The summed E-state index contributed by atoms with van der Waals surface area (Å²) in [5.74, 6) is 1.49. The fourth-order valence-electron chi connectivity index (χ4n) is 1.04. The molecule has 0 saturated heterocycles. The normalized spacial score (nSPS) is 11.2. The Kier molecular flexibility index (Phi) is 4.98. The molecule has 0 heterocycles. The van der Waals surface area contributed by atoms with Crippen LogP contribution >= 0.6 is 0 Å². The van der Waals surface area contributed by atoms with Crippen molar-refractivity contribution in [3.63, 3.8) is 0 Å². The van der Waals surface area contributed by atoms with Gasteiger partial charge in [-0.05, 0) is 30.7 Å². The molecule has 0 spiro atoms. The molecule has 1 aromatic carbocycles. The van der Waals surface area contributed by atoms with Gasteiger partial charge in [0.15, 0.2) is 5.84 Å². The van der Waals surface area contributed by atoms with Crippen LogP contribution in [0.2, 0.25) is 0 Å². The SMILES string of the molecule is CCCOc1ccc(OC/C(N)=N/O)cc1. The first-order chi connectivity index (χ1) is 7.76. The van der Waals surface area contributed by atoms with E-state index in [9.17, 15) is 0 Å². The number of hydrogen-bond donors (Lipinski definition) is 2. The quantitative estimate of drug-likeness (QED) is 0.333. The molecule has 0 fully saturated rings. The van der Waals surface area contributed by atoms with Gasteiger partial charge in [-0.3, -0.25) is 0 Å². The van der Waals surface area contributed by atoms with Crippen LogP contribution in [0, 0.1) is 0 Å². The molecule has 0 bridgehead atoms. The molecular weight excluding hydrogens is 208 g/mol. The van der Waals surface area contributed by atoms with Crippen LogP contribution in [0.4, 0.5) is 0 Å². The molecule has 88 valence electrons. The van der Waals surface area contributed by atoms with Crippen molar-refractivity contribution in [2.75, 3.05) is 13.2 Å². The van der Waals surface area contributed by atoms with Crippen molar-refractivity contribution in [1.82, 2.24) is 0 Å². The molecule has 3 N–H and O–H groups in total. The number of ether oxygens (including phenoxy) is 2. The lowest BCUT2D eigenvalue weighted by Gasteiger charge is -2.07. The number of benzene rings is 1. The molecule has 0 unspecified atom stereocenters. The second-order valence-corrected chi connectivity index (χ2v) is 3.20. The van der Waals surface area contributed by atoms with Gasteiger partial charge in [0, 0.05) is 0 Å². The molecule has 0 aliphatic rings. The minimum Gasteiger partial charge on any atom is -0.494 e. The lowest BCUT2D eigenvalue weighted by atomic mass is 10.3. The van der Waals surface area contributed by atoms with Gasteiger partial charge in [0.2, 0.25) is 0 Å². The fourth-order valence-corrected chi connectivity index (χ4v) is 1.04. The Hall–Kier alpha value is -1.91. The molecule has 0 radical (unpaired) electrons. The van der Waals surface area contributed by atoms with Crippen molar-refractivity contribution in [3.05, 3.63) is 24.3 Å². The standard InChI is InChI=1S/C11H16N2O3/c1-2-7-15-9-3-5-10(6-4-9)16-8-11(12)13-14/h3-6,14H,2,7-8H2,1H3,(H2,12,13). The number of amidine groups is 1. The van der Waals surface area contributed by atoms with Crippen molar-refractivity contribution in [1.29, 1.82) is 0 Å². The van der Waals surface area contributed by atoms with E-state index in [2.05, 4.69) is 12.1 Å². The molecule has 0 aliphatic carbocycles. The molecule has 1 rings (SSSR count). The van der Waals surface area contributed by atoms with Gasteiger partial charge in [-0.2, -0.15) is 0 Å². The highest BCUT2D eigenvalue weighted by Gasteiger charge is 1.98. The molecule has 0 aromatic heterocycles. The zero-order chi connectivity index (χ0) is 11.8. The first kappa shape index (κ1) is 12.2. The first-order valence-corrected chi connectivity index (χ1v) is 5.08. The van der Waals surface area contributed by atoms with Crippen LogP contribution in [0.3, 0.4) is 0 Å². The molecule has 5 heteroatoms. The van der Waals surface area contributed by atoms with Crippen LogP contribution in [-0.2, 0) is 0 Å². The maximum absolute atomic E-state index is 8.32. The van der Waals surface area contributed by atoms with Gasteiger partial charge >= 0.3 is 0 Å². The highest BCUT2D eigenvalue weighted by atomic mass is 16.5. The van der Waals surface area contributed by atoms with E-state index in [1.165, 1.54) is 0 Å². The largest absolute Gasteiger partial charge is 0.494 e. The average molecular weight is 224 g/mol. The molecule has 0 aliphatic heterocycles. The van der Waals surface area contributed by atoms with Gasteiger partial charge < -0.3 is 20.4 Å². The summed E-state index contributed by atoms with van der Waals surface area (Å²) in [6.07, 6.45) is 0.974. The Morgan fingerprint density at radius 1 is 1.25 bits per heavy atom. The Bertz CT molecular complexity index is 336. The predicted octanol–water partition coefficient (Wildman–Crippen LogP) is 1.60. The molecule has 5 nitrogen and oxygen atoms in total. The van der Waals surface area contributed by atoms with Crippen LogP contribution in [-0.4, -0.2) is 24.3 Å². The van der Waals surface area contributed by atoms with Crippen molar-refractivity contribution in [3.8, 4) is 11.5 Å². The summed E-state index contributed by atoms with van der Waals surface area (Å²) in [7, 11) is 0. The zero-order valence-corrected chi connectivity index (χ0v) is 9.22. The zero-order valence-electron chi connectivity index (χ0n) is 9.22. The average Bonchev–Trinajstić information content (AvgIpc) is 2.34. The lowest BCUT2D eigenvalue weighted by Crippen LogP contribution is -2.20. The molecule has 0 amide bonds. The Morgan fingerprint density at radius 2 is 1.81 bits per heavy atom. The summed E-state index contributed by atoms with van der Waals surface area (Å²) in [6.45, 7) is 2.81. The van der Waals surface area contributed by atoms with E-state index in [-0.39, 0.29) is 12.4 Å². The lowest BCUT2D eigenvalue weighted by molar-refractivity contribution is 0.305. The monoisotopic (exact) mass is 224 g/mol. The van der Waals surface area contributed by atoms with Gasteiger partial charge in [0.05, 0.1) is 6.61 Å². The van der Waals surface area contributed by atoms with E-state index in [0.29, 0.717) is 12.4 Å². The minimum absolute atomic E-state index is 0.0336. The van der Waals surface area contributed by atoms with Crippen molar-refractivity contribution in [2.24, 2.45) is 10.9 Å². The van der Waals surface area contributed by atoms with Crippen molar-refractivity contribution >= 4 is 5.84 Å². The van der Waals surface area contributed by atoms with Crippen LogP contribution < -0.4 is 15.2 Å². The number of hydrogen-bond acceptors (Lipinski definition) is 4. The third-order valence-electron chi connectivity index (χ3n) is 1.81. The Labute approximate surface area is 94.5 Å². The van der Waals surface area contributed by atoms with Crippen LogP contribution in [0.25, 0.3) is 0 Å². The molecule has 16 heavy (non-hydrogen) atoms. The van der Waals surface area contributed by atoms with Gasteiger partial charge in [0.25, 0.3) is 0 Å². The van der Waals surface area contributed by atoms with Gasteiger partial charge in [0.1, 0.15) is 18.1 Å². The summed E-state index contributed by atoms with van der Waals surface area (Å²) in [6, 6.07) is 7.18. The number of nitrogens with two attached hydrogens (primary N) is 1. The summed E-state index contributed by atoms with van der Waals surface area (Å²) < 4.78 is 10.7. The second-order valence-electron chi connectivity index (χ2n) is 3.20. The van der Waals surface area contributed by atoms with Crippen LogP contribution in [0.15, 0.2) is 29.4 Å². The van der Waals surface area contributed by atoms with Gasteiger partial charge in [-0.1, -0.05) is 12.1 Å². The predicted molar refractivity (Wildman–Crippen MR) is 61.1 cm³/mol. The summed E-state index contributed by atoms with van der Waals surface area (Å²) in [4.78, 5) is 0. The van der Waals surface area contributed by atoms with E-state index < -0.39 is 0 Å². The molecule has 0 atom stereocenters. The maximum atomic E-state index is 8.32. The third-order valence-corrected chi connectivity index (χ3v) is 1.81. The Morgan fingerprint density at radius 3 is 2.31 bits per heavy atom. The van der Waals surface area contributed by atoms with Crippen molar-refractivity contribution in [2.45, 2.75) is 13.3 Å². The van der Waals surface area contributed by atoms with E-state index >= 15 is 0 Å².